The van der Waals surface area contributed by atoms with Crippen molar-refractivity contribution in [2.24, 2.45) is 17.1 Å². The Morgan fingerprint density at radius 2 is 2.46 bits per heavy atom. The zero-order chi connectivity index (χ0) is 9.64. The summed E-state index contributed by atoms with van der Waals surface area (Å²) in [6.07, 6.45) is 5.25. The number of primary amides is 1. The molecule has 1 amide bonds. The minimum atomic E-state index is -0.290. The van der Waals surface area contributed by atoms with Crippen LogP contribution in [0.4, 0.5) is 0 Å². The Morgan fingerprint density at radius 3 is 3.00 bits per heavy atom. The van der Waals surface area contributed by atoms with Crippen LogP contribution in [0.5, 0.6) is 0 Å². The lowest BCUT2D eigenvalue weighted by atomic mass is 9.76. The normalized spacial score (nSPS) is 43.1. The number of amides is 1. The zero-order valence-electron chi connectivity index (χ0n) is 7.72. The van der Waals surface area contributed by atoms with Gasteiger partial charge in [0, 0.05) is 22.3 Å². The number of carbonyl (C=O) groups is 1. The molecule has 2 aliphatic rings. The van der Waals surface area contributed by atoms with Gasteiger partial charge in [0.25, 0.3) is 0 Å². The third kappa shape index (κ3) is 1.19. The summed E-state index contributed by atoms with van der Waals surface area (Å²) in [6, 6.07) is 0. The lowest BCUT2D eigenvalue weighted by molar-refractivity contribution is -0.115. The molecule has 1 fully saturated rings. The van der Waals surface area contributed by atoms with Crippen molar-refractivity contribution in [1.29, 1.82) is 0 Å². The molecule has 72 valence electrons. The van der Waals surface area contributed by atoms with E-state index in [0.717, 1.165) is 24.8 Å². The van der Waals surface area contributed by atoms with Gasteiger partial charge < -0.3 is 5.73 Å². The summed E-state index contributed by atoms with van der Waals surface area (Å²) in [5, 5.41) is 0.0729. The number of halogens is 1. The van der Waals surface area contributed by atoms with Crippen molar-refractivity contribution in [2.75, 3.05) is 0 Å². The molecule has 2 nitrogen and oxygen atoms in total. The molecule has 0 aromatic heterocycles. The van der Waals surface area contributed by atoms with Crippen LogP contribution >= 0.6 is 11.6 Å². The van der Waals surface area contributed by atoms with E-state index in [1.165, 1.54) is 0 Å². The van der Waals surface area contributed by atoms with Gasteiger partial charge in [0.05, 0.1) is 0 Å². The first kappa shape index (κ1) is 9.07. The molecule has 3 atom stereocenters. The Morgan fingerprint density at radius 1 is 1.77 bits per heavy atom. The highest BCUT2D eigenvalue weighted by Gasteiger charge is 2.47. The molecule has 2 N–H and O–H groups in total. The van der Waals surface area contributed by atoms with Gasteiger partial charge in [-0.3, -0.25) is 4.79 Å². The van der Waals surface area contributed by atoms with Gasteiger partial charge in [-0.25, -0.2) is 0 Å². The van der Waals surface area contributed by atoms with Gasteiger partial charge in [-0.15, -0.1) is 11.6 Å². The Balaban J connectivity index is 2.38. The Bertz CT molecular complexity index is 287. The van der Waals surface area contributed by atoms with Crippen LogP contribution < -0.4 is 5.73 Å². The fourth-order valence-electron chi connectivity index (χ4n) is 2.63. The van der Waals surface area contributed by atoms with E-state index in [1.54, 1.807) is 0 Å². The highest BCUT2D eigenvalue weighted by atomic mass is 35.5. The summed E-state index contributed by atoms with van der Waals surface area (Å²) in [6.45, 7) is 2.12. The summed E-state index contributed by atoms with van der Waals surface area (Å²) in [7, 11) is 0. The molecule has 2 bridgehead atoms. The summed E-state index contributed by atoms with van der Waals surface area (Å²) < 4.78 is 0. The Kier molecular flexibility index (Phi) is 1.91. The number of alkyl halides is 1. The lowest BCUT2D eigenvalue weighted by Crippen LogP contribution is -2.32. The average molecular weight is 200 g/mol. The van der Waals surface area contributed by atoms with Crippen molar-refractivity contribution in [3.05, 3.63) is 11.6 Å². The molecule has 0 aliphatic heterocycles. The highest BCUT2D eigenvalue weighted by Crippen LogP contribution is 2.52. The molecule has 13 heavy (non-hydrogen) atoms. The number of rotatable bonds is 1. The fourth-order valence-corrected chi connectivity index (χ4v) is 3.06. The SMILES string of the molecule is C[C@@]12C=C(C(N)=O)[C@@H](CCC1)[C@H]2Cl. The maximum Gasteiger partial charge on any atom is 0.244 e. The van der Waals surface area contributed by atoms with E-state index in [2.05, 4.69) is 6.92 Å². The molecular formula is C10H14ClNO. The van der Waals surface area contributed by atoms with E-state index in [1.807, 2.05) is 6.08 Å². The molecule has 0 saturated heterocycles. The van der Waals surface area contributed by atoms with Crippen molar-refractivity contribution in [3.63, 3.8) is 0 Å². The van der Waals surface area contributed by atoms with Crippen LogP contribution in [0, 0.1) is 11.3 Å². The maximum absolute atomic E-state index is 11.1. The van der Waals surface area contributed by atoms with Gasteiger partial charge in [0.1, 0.15) is 0 Å². The minimum Gasteiger partial charge on any atom is -0.366 e. The van der Waals surface area contributed by atoms with Crippen molar-refractivity contribution in [2.45, 2.75) is 31.6 Å². The molecule has 0 heterocycles. The molecule has 0 aromatic rings. The summed E-state index contributed by atoms with van der Waals surface area (Å²) in [5.74, 6) is -0.0841. The maximum atomic E-state index is 11.1. The number of carbonyl (C=O) groups excluding carboxylic acids is 1. The van der Waals surface area contributed by atoms with Crippen LogP contribution in [0.3, 0.4) is 0 Å². The average Bonchev–Trinajstić information content (AvgIpc) is 2.25. The van der Waals surface area contributed by atoms with Gasteiger partial charge in [-0.2, -0.15) is 0 Å². The summed E-state index contributed by atoms with van der Waals surface area (Å²) in [5.41, 5.74) is 6.08. The second kappa shape index (κ2) is 2.74. The molecular weight excluding hydrogens is 186 g/mol. The predicted molar refractivity (Wildman–Crippen MR) is 52.4 cm³/mol. The number of nitrogens with two attached hydrogens (primary N) is 1. The Labute approximate surface area is 83.1 Å². The highest BCUT2D eigenvalue weighted by molar-refractivity contribution is 6.22. The smallest absolute Gasteiger partial charge is 0.244 e. The van der Waals surface area contributed by atoms with Crippen LogP contribution in [0.1, 0.15) is 26.2 Å². The van der Waals surface area contributed by atoms with E-state index < -0.39 is 0 Å². The quantitative estimate of drug-likeness (QED) is 0.644. The van der Waals surface area contributed by atoms with Crippen LogP contribution in [0.2, 0.25) is 0 Å². The van der Waals surface area contributed by atoms with Crippen molar-refractivity contribution in [1.82, 2.24) is 0 Å². The van der Waals surface area contributed by atoms with Gasteiger partial charge in [0.15, 0.2) is 0 Å². The van der Waals surface area contributed by atoms with E-state index in [9.17, 15) is 4.79 Å². The minimum absolute atomic E-state index is 0.00877. The number of allylic oxidation sites excluding steroid dienone is 1. The summed E-state index contributed by atoms with van der Waals surface area (Å²) in [4.78, 5) is 11.1. The molecule has 0 unspecified atom stereocenters. The van der Waals surface area contributed by atoms with Crippen molar-refractivity contribution in [3.8, 4) is 0 Å². The van der Waals surface area contributed by atoms with Crippen molar-refractivity contribution < 1.29 is 4.79 Å². The van der Waals surface area contributed by atoms with E-state index >= 15 is 0 Å². The van der Waals surface area contributed by atoms with Crippen LogP contribution in [-0.4, -0.2) is 11.3 Å². The van der Waals surface area contributed by atoms with Gasteiger partial charge in [0.2, 0.25) is 5.91 Å². The first-order chi connectivity index (χ1) is 6.04. The topological polar surface area (TPSA) is 43.1 Å². The van der Waals surface area contributed by atoms with Gasteiger partial charge >= 0.3 is 0 Å². The first-order valence-electron chi connectivity index (χ1n) is 4.71. The third-order valence-corrected chi connectivity index (χ3v) is 4.19. The van der Waals surface area contributed by atoms with E-state index in [0.29, 0.717) is 0 Å². The molecule has 0 radical (unpaired) electrons. The molecule has 2 rings (SSSR count). The van der Waals surface area contributed by atoms with E-state index in [4.69, 9.17) is 17.3 Å². The second-order valence-corrected chi connectivity index (χ2v) is 4.84. The predicted octanol–water partition coefficient (Wildman–Crippen LogP) is 1.83. The van der Waals surface area contributed by atoms with E-state index in [-0.39, 0.29) is 22.6 Å². The third-order valence-electron chi connectivity index (χ3n) is 3.38. The molecule has 1 saturated carbocycles. The standard InChI is InChI=1S/C10H14ClNO/c1-10-4-2-3-6(8(10)11)7(5-10)9(12)13/h5-6,8H,2-4H2,1H3,(H2,12,13)/t6-,8-,10+/m1/s1. The number of hydrogen-bond acceptors (Lipinski definition) is 1. The number of hydrogen-bond donors (Lipinski definition) is 1. The molecule has 0 aromatic carbocycles. The Hall–Kier alpha value is -0.500. The molecule has 3 heteroatoms. The molecule has 0 spiro atoms. The zero-order valence-corrected chi connectivity index (χ0v) is 8.47. The fraction of sp³-hybridized carbons (Fsp3) is 0.700. The van der Waals surface area contributed by atoms with Crippen molar-refractivity contribution >= 4 is 17.5 Å². The monoisotopic (exact) mass is 199 g/mol. The largest absolute Gasteiger partial charge is 0.366 e. The lowest BCUT2D eigenvalue weighted by Gasteiger charge is -2.34. The van der Waals surface area contributed by atoms with Crippen LogP contribution in [0.15, 0.2) is 11.6 Å². The molecule has 2 aliphatic carbocycles. The van der Waals surface area contributed by atoms with Gasteiger partial charge in [-0.1, -0.05) is 19.4 Å². The summed E-state index contributed by atoms with van der Waals surface area (Å²) >= 11 is 6.30. The first-order valence-corrected chi connectivity index (χ1v) is 5.15. The van der Waals surface area contributed by atoms with Gasteiger partial charge in [-0.05, 0) is 12.8 Å². The van der Waals surface area contributed by atoms with Crippen LogP contribution in [0.25, 0.3) is 0 Å². The number of fused-ring (bicyclic) bond motifs is 2. The second-order valence-electron chi connectivity index (χ2n) is 4.37. The van der Waals surface area contributed by atoms with Crippen LogP contribution in [-0.2, 0) is 4.79 Å².